The number of rotatable bonds is 8. The average molecular weight is 814 g/mol. The van der Waals surface area contributed by atoms with Gasteiger partial charge in [0, 0.05) is 41.0 Å². The van der Waals surface area contributed by atoms with Crippen molar-refractivity contribution < 1.29 is 13.6 Å². The molecule has 306 valence electrons. The summed E-state index contributed by atoms with van der Waals surface area (Å²) < 4.78 is 28.6. The van der Waals surface area contributed by atoms with Gasteiger partial charge in [0.05, 0.1) is 40.7 Å². The summed E-state index contributed by atoms with van der Waals surface area (Å²) in [7, 11) is 6.02. The number of carbonyl (C=O) groups is 1. The molecular formula is C50H45F2N7O2. The number of aliphatic imine (C=N–C) groups is 1. The van der Waals surface area contributed by atoms with Gasteiger partial charge in [-0.25, -0.2) is 13.9 Å². The minimum Gasteiger partial charge on any atom is -0.377 e. The Labute approximate surface area is 352 Å². The van der Waals surface area contributed by atoms with E-state index >= 15 is 0 Å². The topological polar surface area (TPSA) is 115 Å². The highest BCUT2D eigenvalue weighted by molar-refractivity contribution is 6.21. The number of nitrogens with one attached hydrogen (secondary N) is 4. The predicted octanol–water partition coefficient (Wildman–Crippen LogP) is 8.90. The van der Waals surface area contributed by atoms with Crippen molar-refractivity contribution >= 4 is 33.6 Å². The Bertz CT molecular complexity index is 2850. The number of Topliss-reactive ketones (excluding diaryl/α,β-unsaturated/α-hetero) is 1. The fourth-order valence-electron chi connectivity index (χ4n) is 9.11. The summed E-state index contributed by atoms with van der Waals surface area (Å²) >= 11 is 0. The van der Waals surface area contributed by atoms with Crippen molar-refractivity contribution in [3.8, 4) is 0 Å². The van der Waals surface area contributed by atoms with Gasteiger partial charge in [0.25, 0.3) is 5.56 Å². The molecule has 10 rings (SSSR count). The van der Waals surface area contributed by atoms with Gasteiger partial charge in [-0.3, -0.25) is 14.6 Å². The Morgan fingerprint density at radius 3 is 2.05 bits per heavy atom. The number of halogens is 2. The van der Waals surface area contributed by atoms with Crippen LogP contribution in [-0.4, -0.2) is 54.3 Å². The number of anilines is 2. The predicted molar refractivity (Wildman–Crippen MR) is 238 cm³/mol. The molecule has 4 atom stereocenters. The maximum absolute atomic E-state index is 14.4. The summed E-state index contributed by atoms with van der Waals surface area (Å²) in [5.41, 5.74) is 10.4. The largest absolute Gasteiger partial charge is 0.377 e. The first kappa shape index (κ1) is 39.6. The van der Waals surface area contributed by atoms with Crippen molar-refractivity contribution in [2.24, 2.45) is 4.99 Å². The Morgan fingerprint density at radius 2 is 1.33 bits per heavy atom. The molecule has 11 heteroatoms. The van der Waals surface area contributed by atoms with Gasteiger partial charge in [-0.05, 0) is 78.8 Å². The van der Waals surface area contributed by atoms with Crippen LogP contribution in [0.15, 0.2) is 143 Å². The molecule has 3 aliphatic heterocycles. The molecule has 4 heterocycles. The number of benzene rings is 6. The summed E-state index contributed by atoms with van der Waals surface area (Å²) in [4.78, 5) is 31.8. The maximum Gasteiger partial charge on any atom is 0.272 e. The summed E-state index contributed by atoms with van der Waals surface area (Å²) in [6.07, 6.45) is 0. The third-order valence-electron chi connectivity index (χ3n) is 11.7. The molecule has 6 aromatic carbocycles. The smallest absolute Gasteiger partial charge is 0.272 e. The van der Waals surface area contributed by atoms with Gasteiger partial charge in [0.2, 0.25) is 0 Å². The molecule has 3 aliphatic rings. The van der Waals surface area contributed by atoms with Crippen LogP contribution in [0.2, 0.25) is 0 Å². The van der Waals surface area contributed by atoms with Crippen molar-refractivity contribution in [3.63, 3.8) is 0 Å². The molecule has 4 unspecified atom stereocenters. The highest BCUT2D eigenvalue weighted by atomic mass is 19.1. The number of ketones is 1. The summed E-state index contributed by atoms with van der Waals surface area (Å²) in [5.74, 6) is -1.23. The standard InChI is InChI=1S/C26H24FN3O.C24H21FN4O/c1-30(2)15-16-7-6-10-18(11-16)23-25(17-8-4-3-5-9-17)29-21-13-19(27)12-20-22(31)14-28-26(23)24(20)21;1-26-13-14-7-9-16(10-8-14)22-20(15-5-3-2-4-6-15)23-21-18(24(30)29-28-23)11-17(25)12-19(21)27-22/h3-13,23,25,29H,14-15H2,1-2H3;2-12,20,22,26-27H,13H2,1H3,(H,29,30). The molecule has 0 bridgehead atoms. The molecule has 7 aromatic rings. The third-order valence-corrected chi connectivity index (χ3v) is 11.7. The molecule has 1 aromatic heterocycles. The van der Waals surface area contributed by atoms with Crippen LogP contribution >= 0.6 is 0 Å². The van der Waals surface area contributed by atoms with E-state index in [9.17, 15) is 18.4 Å². The van der Waals surface area contributed by atoms with E-state index in [1.807, 2.05) is 43.4 Å². The van der Waals surface area contributed by atoms with Crippen LogP contribution in [0, 0.1) is 11.6 Å². The SMILES string of the molecule is CN(C)Cc1cccc(C2C3=NCC(=O)c4cc(F)cc(c43)NC2c2ccccc2)c1.CNCc1ccc(C2Nc3cc(F)cc4c(=O)[nH]nc(c34)C2c2ccccc2)cc1. The van der Waals surface area contributed by atoms with Gasteiger partial charge in [-0.2, -0.15) is 5.10 Å². The molecule has 0 spiro atoms. The lowest BCUT2D eigenvalue weighted by Crippen LogP contribution is -2.36. The lowest BCUT2D eigenvalue weighted by Gasteiger charge is -2.39. The first-order valence-electron chi connectivity index (χ1n) is 20.4. The highest BCUT2D eigenvalue weighted by Crippen LogP contribution is 2.47. The highest BCUT2D eigenvalue weighted by Gasteiger charge is 2.40. The van der Waals surface area contributed by atoms with Gasteiger partial charge in [-0.1, -0.05) is 109 Å². The molecule has 0 saturated carbocycles. The number of hydrogen-bond donors (Lipinski definition) is 4. The Kier molecular flexibility index (Phi) is 10.8. The monoisotopic (exact) mass is 813 g/mol. The van der Waals surface area contributed by atoms with E-state index in [1.54, 1.807) is 0 Å². The van der Waals surface area contributed by atoms with Gasteiger partial charge in [0.15, 0.2) is 5.78 Å². The van der Waals surface area contributed by atoms with E-state index in [4.69, 9.17) is 4.99 Å². The van der Waals surface area contributed by atoms with Crippen LogP contribution in [0.1, 0.15) is 78.9 Å². The number of aromatic amines is 1. The number of carbonyl (C=O) groups excluding carboxylic acids is 1. The van der Waals surface area contributed by atoms with Crippen LogP contribution in [0.4, 0.5) is 20.2 Å². The molecule has 0 radical (unpaired) electrons. The molecule has 0 aliphatic carbocycles. The minimum absolute atomic E-state index is 0.0562. The molecule has 4 N–H and O–H groups in total. The van der Waals surface area contributed by atoms with Crippen LogP contribution in [-0.2, 0) is 13.1 Å². The van der Waals surface area contributed by atoms with Crippen molar-refractivity contribution in [1.82, 2.24) is 20.4 Å². The minimum atomic E-state index is -0.450. The zero-order valence-corrected chi connectivity index (χ0v) is 34.0. The molecule has 0 saturated heterocycles. The van der Waals surface area contributed by atoms with Crippen LogP contribution in [0.5, 0.6) is 0 Å². The molecule has 9 nitrogen and oxygen atoms in total. The summed E-state index contributed by atoms with van der Waals surface area (Å²) in [6.45, 7) is 1.68. The van der Waals surface area contributed by atoms with Gasteiger partial charge in [-0.15, -0.1) is 0 Å². The molecular weight excluding hydrogens is 769 g/mol. The van der Waals surface area contributed by atoms with E-state index in [-0.39, 0.29) is 36.2 Å². The molecule has 0 fully saturated rings. The second kappa shape index (κ2) is 16.7. The summed E-state index contributed by atoms with van der Waals surface area (Å²) in [5, 5.41) is 18.2. The Hall–Kier alpha value is -6.82. The molecule has 0 amide bonds. The lowest BCUT2D eigenvalue weighted by atomic mass is 9.75. The second-order valence-electron chi connectivity index (χ2n) is 16.1. The fourth-order valence-corrected chi connectivity index (χ4v) is 9.11. The normalized spacial score (nSPS) is 18.7. The van der Waals surface area contributed by atoms with Crippen LogP contribution < -0.4 is 21.5 Å². The number of aromatic nitrogens is 2. The Morgan fingerprint density at radius 1 is 0.689 bits per heavy atom. The lowest BCUT2D eigenvalue weighted by molar-refractivity contribution is 0.0999. The first-order chi connectivity index (χ1) is 29.7. The van der Waals surface area contributed by atoms with E-state index in [0.717, 1.165) is 52.3 Å². The van der Waals surface area contributed by atoms with Crippen LogP contribution in [0.3, 0.4) is 0 Å². The quantitative estimate of drug-likeness (QED) is 0.121. The number of H-pyrrole nitrogens is 1. The fraction of sp³-hybridized carbons (Fsp3) is 0.200. The third kappa shape index (κ3) is 7.74. The van der Waals surface area contributed by atoms with E-state index in [2.05, 4.69) is 118 Å². The van der Waals surface area contributed by atoms with E-state index < -0.39 is 17.2 Å². The van der Waals surface area contributed by atoms with Gasteiger partial charge >= 0.3 is 0 Å². The van der Waals surface area contributed by atoms with Crippen molar-refractivity contribution in [2.45, 2.75) is 37.0 Å². The van der Waals surface area contributed by atoms with Gasteiger partial charge in [0.1, 0.15) is 18.2 Å². The zero-order chi connectivity index (χ0) is 42.2. The zero-order valence-electron chi connectivity index (χ0n) is 34.0. The van der Waals surface area contributed by atoms with E-state index in [1.165, 1.54) is 35.4 Å². The van der Waals surface area contributed by atoms with Crippen LogP contribution in [0.25, 0.3) is 10.8 Å². The Balaban J connectivity index is 0.000000156. The van der Waals surface area contributed by atoms with Crippen molar-refractivity contribution in [2.75, 3.05) is 38.3 Å². The van der Waals surface area contributed by atoms with Crippen molar-refractivity contribution in [1.29, 1.82) is 0 Å². The second-order valence-corrected chi connectivity index (χ2v) is 16.1. The summed E-state index contributed by atoms with van der Waals surface area (Å²) in [6, 6.07) is 42.4. The maximum atomic E-state index is 14.4. The number of hydrogen-bond acceptors (Lipinski definition) is 8. The van der Waals surface area contributed by atoms with Crippen molar-refractivity contribution in [3.05, 3.63) is 206 Å². The van der Waals surface area contributed by atoms with Gasteiger partial charge < -0.3 is 20.9 Å². The van der Waals surface area contributed by atoms with E-state index in [0.29, 0.717) is 27.7 Å². The first-order valence-corrected chi connectivity index (χ1v) is 20.4. The average Bonchev–Trinajstić information content (AvgIpc) is 3.26. The molecule has 61 heavy (non-hydrogen) atoms. The number of nitrogens with zero attached hydrogens (tertiary/aromatic N) is 3.